The third-order valence-electron chi connectivity index (χ3n) is 5.54. The summed E-state index contributed by atoms with van der Waals surface area (Å²) in [6, 6.07) is 0. The van der Waals surface area contributed by atoms with Crippen molar-refractivity contribution in [3.05, 3.63) is 50.1 Å². The maximum atomic E-state index is 12.9. The molecule has 4 rings (SSSR count). The number of carbonyl (C=O) groups excluding carboxylic acids is 1. The van der Waals surface area contributed by atoms with Gasteiger partial charge in [-0.25, -0.2) is 0 Å². The predicted octanol–water partition coefficient (Wildman–Crippen LogP) is 3.70. The second-order valence-electron chi connectivity index (χ2n) is 7.37. The van der Waals surface area contributed by atoms with Gasteiger partial charge in [0.05, 0.1) is 11.3 Å². The Balaban J connectivity index is 1.48. The minimum absolute atomic E-state index is 0.199. The molecule has 0 unspecified atom stereocenters. The van der Waals surface area contributed by atoms with E-state index in [2.05, 4.69) is 28.4 Å². The van der Waals surface area contributed by atoms with E-state index >= 15 is 0 Å². The Morgan fingerprint density at radius 3 is 2.81 bits per heavy atom. The lowest BCUT2D eigenvalue weighted by molar-refractivity contribution is 0.0767. The molecule has 2 aliphatic rings. The third kappa shape index (κ3) is 3.23. The molecule has 2 aromatic heterocycles. The van der Waals surface area contributed by atoms with Crippen molar-refractivity contribution < 1.29 is 9.32 Å². The lowest BCUT2D eigenvalue weighted by atomic mass is 10.0. The zero-order valence-electron chi connectivity index (χ0n) is 15.7. The van der Waals surface area contributed by atoms with Gasteiger partial charge in [-0.05, 0) is 39.2 Å². The number of thiophene rings is 1. The van der Waals surface area contributed by atoms with Crippen molar-refractivity contribution in [2.45, 2.75) is 46.7 Å². The Hall–Kier alpha value is -1.92. The van der Waals surface area contributed by atoms with E-state index in [1.54, 1.807) is 11.3 Å². The van der Waals surface area contributed by atoms with E-state index in [1.165, 1.54) is 21.6 Å². The van der Waals surface area contributed by atoms with Crippen molar-refractivity contribution >= 4 is 17.2 Å². The molecule has 0 radical (unpaired) electrons. The van der Waals surface area contributed by atoms with Crippen LogP contribution in [0, 0.1) is 13.8 Å². The van der Waals surface area contributed by atoms with Gasteiger partial charge in [-0.1, -0.05) is 16.8 Å². The predicted molar refractivity (Wildman–Crippen MR) is 102 cm³/mol. The topological polar surface area (TPSA) is 49.6 Å². The molecule has 0 saturated heterocycles. The Morgan fingerprint density at radius 2 is 2.12 bits per heavy atom. The summed E-state index contributed by atoms with van der Waals surface area (Å²) in [6.07, 6.45) is 4.10. The second kappa shape index (κ2) is 7.00. The number of hydrogen-bond acceptors (Lipinski definition) is 5. The van der Waals surface area contributed by atoms with Crippen molar-refractivity contribution in [1.82, 2.24) is 15.0 Å². The van der Waals surface area contributed by atoms with E-state index in [9.17, 15) is 4.79 Å². The van der Waals surface area contributed by atoms with Crippen LogP contribution in [0.4, 0.5) is 0 Å². The maximum absolute atomic E-state index is 12.9. The SMILES string of the molecule is CC1=CCN(C(=O)c2csc3c2CCN(Cc2c(C)noc2C)C3)CC1. The standard InChI is InChI=1S/C20H25N3O2S/c1-13-4-8-23(9-5-13)20(24)18-12-26-19-11-22(7-6-16(18)19)10-17-14(2)21-25-15(17)3/h4,12H,5-11H2,1-3H3. The molecule has 138 valence electrons. The lowest BCUT2D eigenvalue weighted by Gasteiger charge is -2.29. The van der Waals surface area contributed by atoms with Gasteiger partial charge in [-0.3, -0.25) is 9.69 Å². The molecule has 5 nitrogen and oxygen atoms in total. The zero-order chi connectivity index (χ0) is 18.3. The molecule has 2 aliphatic heterocycles. The van der Waals surface area contributed by atoms with Gasteiger partial charge in [0.2, 0.25) is 0 Å². The molecule has 0 saturated carbocycles. The average molecular weight is 372 g/mol. The van der Waals surface area contributed by atoms with Gasteiger partial charge in [0.1, 0.15) is 5.76 Å². The number of nitrogens with zero attached hydrogens (tertiary/aromatic N) is 3. The van der Waals surface area contributed by atoms with Gasteiger partial charge >= 0.3 is 0 Å². The van der Waals surface area contributed by atoms with Crippen LogP contribution in [0.2, 0.25) is 0 Å². The Labute approximate surface area is 158 Å². The number of amides is 1. The quantitative estimate of drug-likeness (QED) is 0.772. The smallest absolute Gasteiger partial charge is 0.255 e. The van der Waals surface area contributed by atoms with E-state index in [0.717, 1.165) is 62.6 Å². The summed E-state index contributed by atoms with van der Waals surface area (Å²) in [6.45, 7) is 10.4. The van der Waals surface area contributed by atoms with Crippen molar-refractivity contribution in [1.29, 1.82) is 0 Å². The summed E-state index contributed by atoms with van der Waals surface area (Å²) in [5.41, 5.74) is 5.74. The van der Waals surface area contributed by atoms with Crippen LogP contribution in [0.3, 0.4) is 0 Å². The minimum atomic E-state index is 0.199. The van der Waals surface area contributed by atoms with E-state index in [-0.39, 0.29) is 5.91 Å². The Kier molecular flexibility index (Phi) is 4.71. The zero-order valence-corrected chi connectivity index (χ0v) is 16.5. The highest BCUT2D eigenvalue weighted by atomic mass is 32.1. The van der Waals surface area contributed by atoms with Crippen LogP contribution in [-0.2, 0) is 19.5 Å². The highest BCUT2D eigenvalue weighted by molar-refractivity contribution is 7.10. The van der Waals surface area contributed by atoms with Gasteiger partial charge in [0.25, 0.3) is 5.91 Å². The fourth-order valence-corrected chi connectivity index (χ4v) is 4.89. The fourth-order valence-electron chi connectivity index (χ4n) is 3.77. The normalized spacial score (nSPS) is 18.0. The summed E-state index contributed by atoms with van der Waals surface area (Å²) < 4.78 is 5.29. The van der Waals surface area contributed by atoms with Crippen LogP contribution in [0.25, 0.3) is 0 Å². The number of fused-ring (bicyclic) bond motifs is 1. The molecule has 1 amide bonds. The molecular weight excluding hydrogens is 346 g/mol. The molecule has 0 bridgehead atoms. The van der Waals surface area contributed by atoms with Gasteiger partial charge in [-0.2, -0.15) is 0 Å². The van der Waals surface area contributed by atoms with Crippen LogP contribution in [0.15, 0.2) is 21.6 Å². The second-order valence-corrected chi connectivity index (χ2v) is 8.33. The average Bonchev–Trinajstić information content (AvgIpc) is 3.20. The van der Waals surface area contributed by atoms with E-state index in [4.69, 9.17) is 4.52 Å². The maximum Gasteiger partial charge on any atom is 0.255 e. The molecule has 0 aliphatic carbocycles. The summed E-state index contributed by atoms with van der Waals surface area (Å²) in [5, 5.41) is 6.12. The van der Waals surface area contributed by atoms with Crippen LogP contribution in [0.5, 0.6) is 0 Å². The molecule has 0 N–H and O–H groups in total. The van der Waals surface area contributed by atoms with Crippen LogP contribution in [0.1, 0.15) is 51.2 Å². The summed E-state index contributed by atoms with van der Waals surface area (Å²) in [5.74, 6) is 1.11. The highest BCUT2D eigenvalue weighted by Crippen LogP contribution is 2.31. The Morgan fingerprint density at radius 1 is 1.27 bits per heavy atom. The van der Waals surface area contributed by atoms with Crippen molar-refractivity contribution in [3.63, 3.8) is 0 Å². The van der Waals surface area contributed by atoms with Crippen LogP contribution >= 0.6 is 11.3 Å². The first-order valence-corrected chi connectivity index (χ1v) is 10.1. The summed E-state index contributed by atoms with van der Waals surface area (Å²) in [7, 11) is 0. The fraction of sp³-hybridized carbons (Fsp3) is 0.500. The minimum Gasteiger partial charge on any atom is -0.361 e. The Bertz CT molecular complexity index is 845. The molecular formula is C20H25N3O2S. The molecule has 0 fully saturated rings. The van der Waals surface area contributed by atoms with Crippen molar-refractivity contribution in [3.8, 4) is 0 Å². The number of aromatic nitrogens is 1. The number of carbonyl (C=O) groups is 1. The summed E-state index contributed by atoms with van der Waals surface area (Å²) in [4.78, 5) is 18.7. The van der Waals surface area contributed by atoms with Gasteiger partial charge in [-0.15, -0.1) is 11.3 Å². The van der Waals surface area contributed by atoms with Crippen molar-refractivity contribution in [2.24, 2.45) is 0 Å². The molecule has 0 spiro atoms. The molecule has 2 aromatic rings. The number of rotatable bonds is 3. The van der Waals surface area contributed by atoms with Crippen molar-refractivity contribution in [2.75, 3.05) is 19.6 Å². The third-order valence-corrected chi connectivity index (χ3v) is 6.56. The van der Waals surface area contributed by atoms with E-state index in [0.29, 0.717) is 0 Å². The number of aryl methyl sites for hydroxylation is 2. The van der Waals surface area contributed by atoms with E-state index < -0.39 is 0 Å². The molecule has 0 aromatic carbocycles. The van der Waals surface area contributed by atoms with Crippen LogP contribution < -0.4 is 0 Å². The first-order chi connectivity index (χ1) is 12.5. The monoisotopic (exact) mass is 371 g/mol. The molecule has 0 atom stereocenters. The van der Waals surface area contributed by atoms with Gasteiger partial charge in [0.15, 0.2) is 0 Å². The van der Waals surface area contributed by atoms with E-state index in [1.807, 2.05) is 18.7 Å². The molecule has 4 heterocycles. The number of hydrogen-bond donors (Lipinski definition) is 0. The highest BCUT2D eigenvalue weighted by Gasteiger charge is 2.27. The lowest BCUT2D eigenvalue weighted by Crippen LogP contribution is -2.36. The largest absolute Gasteiger partial charge is 0.361 e. The first-order valence-electron chi connectivity index (χ1n) is 9.21. The molecule has 6 heteroatoms. The first kappa shape index (κ1) is 17.5. The van der Waals surface area contributed by atoms with Gasteiger partial charge in [0, 0.05) is 48.5 Å². The van der Waals surface area contributed by atoms with Gasteiger partial charge < -0.3 is 9.42 Å². The molecule has 26 heavy (non-hydrogen) atoms. The summed E-state index contributed by atoms with van der Waals surface area (Å²) >= 11 is 1.73. The van der Waals surface area contributed by atoms with Crippen LogP contribution in [-0.4, -0.2) is 40.5 Å².